The van der Waals surface area contributed by atoms with Gasteiger partial charge in [0.2, 0.25) is 0 Å². The van der Waals surface area contributed by atoms with Crippen LogP contribution in [-0.4, -0.2) is 9.55 Å². The van der Waals surface area contributed by atoms with Crippen LogP contribution in [0.4, 0.5) is 0 Å². The second-order valence-corrected chi connectivity index (χ2v) is 4.47. The average Bonchev–Trinajstić information content (AvgIpc) is 2.53. The highest BCUT2D eigenvalue weighted by atomic mass is 32.1. The van der Waals surface area contributed by atoms with Gasteiger partial charge in [-0.25, -0.2) is 0 Å². The first-order valence-electron chi connectivity index (χ1n) is 5.03. The molecule has 0 bridgehead atoms. The molecular weight excluding hydrogens is 180 g/mol. The molecule has 1 heterocycles. The Morgan fingerprint density at radius 2 is 2.08 bits per heavy atom. The molecule has 1 N–H and O–H groups in total. The van der Waals surface area contributed by atoms with E-state index in [0.29, 0.717) is 6.04 Å². The van der Waals surface area contributed by atoms with Gasteiger partial charge >= 0.3 is 0 Å². The molecule has 1 aromatic rings. The molecule has 3 heteroatoms. The van der Waals surface area contributed by atoms with E-state index in [0.717, 1.165) is 10.7 Å². The number of hydrogen-bond acceptors (Lipinski definition) is 1. The summed E-state index contributed by atoms with van der Waals surface area (Å²) in [5.41, 5.74) is 0. The standard InChI is InChI=1S/C10H16N2S/c1-8-2-4-9(5-3-8)12-7-6-11-10(12)13/h6-9H,2-5H2,1H3,(H,11,13). The Kier molecular flexibility index (Phi) is 2.54. The number of H-pyrrole nitrogens is 1. The quantitative estimate of drug-likeness (QED) is 0.683. The monoisotopic (exact) mass is 196 g/mol. The first-order chi connectivity index (χ1) is 6.27. The summed E-state index contributed by atoms with van der Waals surface area (Å²) in [4.78, 5) is 3.05. The fraction of sp³-hybridized carbons (Fsp3) is 0.700. The molecule has 1 aliphatic carbocycles. The van der Waals surface area contributed by atoms with Crippen LogP contribution in [-0.2, 0) is 0 Å². The van der Waals surface area contributed by atoms with E-state index in [4.69, 9.17) is 12.2 Å². The molecule has 1 fully saturated rings. The number of nitrogens with one attached hydrogen (secondary N) is 1. The van der Waals surface area contributed by atoms with Crippen molar-refractivity contribution in [1.82, 2.24) is 9.55 Å². The Morgan fingerprint density at radius 3 is 2.62 bits per heavy atom. The molecule has 2 nitrogen and oxygen atoms in total. The van der Waals surface area contributed by atoms with Gasteiger partial charge in [-0.15, -0.1) is 0 Å². The van der Waals surface area contributed by atoms with E-state index in [9.17, 15) is 0 Å². The zero-order valence-corrected chi connectivity index (χ0v) is 8.81. The minimum atomic E-state index is 0.648. The van der Waals surface area contributed by atoms with Crippen molar-refractivity contribution in [2.24, 2.45) is 5.92 Å². The van der Waals surface area contributed by atoms with Crippen LogP contribution in [0.15, 0.2) is 12.4 Å². The lowest BCUT2D eigenvalue weighted by Gasteiger charge is -2.26. The van der Waals surface area contributed by atoms with Gasteiger partial charge in [-0.1, -0.05) is 6.92 Å². The second kappa shape index (κ2) is 3.66. The third-order valence-electron chi connectivity index (χ3n) is 3.06. The van der Waals surface area contributed by atoms with Crippen LogP contribution in [0.25, 0.3) is 0 Å². The highest BCUT2D eigenvalue weighted by Crippen LogP contribution is 2.31. The normalized spacial score (nSPS) is 29.0. The van der Waals surface area contributed by atoms with Gasteiger partial charge in [0.15, 0.2) is 4.77 Å². The van der Waals surface area contributed by atoms with Gasteiger partial charge < -0.3 is 9.55 Å². The summed E-state index contributed by atoms with van der Waals surface area (Å²) in [5.74, 6) is 0.907. The minimum absolute atomic E-state index is 0.648. The van der Waals surface area contributed by atoms with Gasteiger partial charge in [-0.05, 0) is 43.8 Å². The lowest BCUT2D eigenvalue weighted by Crippen LogP contribution is -2.16. The van der Waals surface area contributed by atoms with Gasteiger partial charge in [0.1, 0.15) is 0 Å². The van der Waals surface area contributed by atoms with Crippen molar-refractivity contribution in [3.8, 4) is 0 Å². The van der Waals surface area contributed by atoms with Crippen LogP contribution in [0, 0.1) is 10.7 Å². The lowest BCUT2D eigenvalue weighted by molar-refractivity contribution is 0.288. The van der Waals surface area contributed by atoms with E-state index in [1.165, 1.54) is 25.7 Å². The van der Waals surface area contributed by atoms with Crippen molar-refractivity contribution in [3.63, 3.8) is 0 Å². The molecule has 72 valence electrons. The number of rotatable bonds is 1. The molecule has 0 spiro atoms. The maximum absolute atomic E-state index is 5.20. The van der Waals surface area contributed by atoms with Crippen molar-refractivity contribution in [1.29, 1.82) is 0 Å². The van der Waals surface area contributed by atoms with Crippen molar-refractivity contribution >= 4 is 12.2 Å². The average molecular weight is 196 g/mol. The fourth-order valence-electron chi connectivity index (χ4n) is 2.14. The van der Waals surface area contributed by atoms with Crippen molar-refractivity contribution in [2.45, 2.75) is 38.6 Å². The van der Waals surface area contributed by atoms with E-state index >= 15 is 0 Å². The van der Waals surface area contributed by atoms with E-state index in [1.54, 1.807) is 0 Å². The highest BCUT2D eigenvalue weighted by Gasteiger charge is 2.19. The molecule has 0 saturated heterocycles. The van der Waals surface area contributed by atoms with E-state index < -0.39 is 0 Å². The largest absolute Gasteiger partial charge is 0.337 e. The summed E-state index contributed by atoms with van der Waals surface area (Å²) in [6, 6.07) is 0.648. The Hall–Kier alpha value is -0.570. The summed E-state index contributed by atoms with van der Waals surface area (Å²) in [7, 11) is 0. The molecule has 0 unspecified atom stereocenters. The topological polar surface area (TPSA) is 20.7 Å². The van der Waals surface area contributed by atoms with Crippen LogP contribution in [0.1, 0.15) is 38.6 Å². The molecule has 0 atom stereocenters. The Balaban J connectivity index is 2.11. The molecule has 0 aliphatic heterocycles. The molecule has 0 radical (unpaired) electrons. The number of imidazole rings is 1. The van der Waals surface area contributed by atoms with Crippen molar-refractivity contribution in [3.05, 3.63) is 17.2 Å². The fourth-order valence-corrected chi connectivity index (χ4v) is 2.42. The predicted octanol–water partition coefficient (Wildman–Crippen LogP) is 3.30. The van der Waals surface area contributed by atoms with Gasteiger partial charge in [-0.3, -0.25) is 0 Å². The molecule has 1 aromatic heterocycles. The number of aromatic nitrogens is 2. The SMILES string of the molecule is CC1CCC(n2cc[nH]c2=S)CC1. The van der Waals surface area contributed by atoms with Crippen LogP contribution in [0.3, 0.4) is 0 Å². The van der Waals surface area contributed by atoms with Gasteiger partial charge in [-0.2, -0.15) is 0 Å². The van der Waals surface area contributed by atoms with Crippen molar-refractivity contribution < 1.29 is 0 Å². The number of hydrogen-bond donors (Lipinski definition) is 1. The van der Waals surface area contributed by atoms with Crippen molar-refractivity contribution in [2.75, 3.05) is 0 Å². The maximum atomic E-state index is 5.20. The summed E-state index contributed by atoms with van der Waals surface area (Å²) in [6.45, 7) is 2.34. The zero-order chi connectivity index (χ0) is 9.26. The van der Waals surface area contributed by atoms with Crippen LogP contribution < -0.4 is 0 Å². The third kappa shape index (κ3) is 1.85. The maximum Gasteiger partial charge on any atom is 0.177 e. The predicted molar refractivity (Wildman–Crippen MR) is 56.3 cm³/mol. The van der Waals surface area contributed by atoms with Crippen LogP contribution in [0.5, 0.6) is 0 Å². The van der Waals surface area contributed by atoms with Gasteiger partial charge in [0, 0.05) is 18.4 Å². The molecule has 2 rings (SSSR count). The Morgan fingerprint density at radius 1 is 1.38 bits per heavy atom. The Labute approximate surface area is 84.0 Å². The smallest absolute Gasteiger partial charge is 0.177 e. The van der Waals surface area contributed by atoms with Gasteiger partial charge in [0.05, 0.1) is 0 Å². The Bertz CT molecular complexity index is 318. The minimum Gasteiger partial charge on any atom is -0.337 e. The molecule has 1 saturated carbocycles. The second-order valence-electron chi connectivity index (χ2n) is 4.09. The summed E-state index contributed by atoms with van der Waals surface area (Å²) >= 11 is 5.20. The molecule has 0 amide bonds. The first kappa shape index (κ1) is 9.00. The van der Waals surface area contributed by atoms with E-state index in [-0.39, 0.29) is 0 Å². The highest BCUT2D eigenvalue weighted by molar-refractivity contribution is 7.71. The third-order valence-corrected chi connectivity index (χ3v) is 3.38. The number of aromatic amines is 1. The lowest BCUT2D eigenvalue weighted by atomic mass is 9.87. The van der Waals surface area contributed by atoms with Gasteiger partial charge in [0.25, 0.3) is 0 Å². The molecule has 0 aromatic carbocycles. The van der Waals surface area contributed by atoms with E-state index in [1.807, 2.05) is 6.20 Å². The zero-order valence-electron chi connectivity index (χ0n) is 7.99. The summed E-state index contributed by atoms with van der Waals surface area (Å²) in [6.07, 6.45) is 9.26. The molecule has 13 heavy (non-hydrogen) atoms. The summed E-state index contributed by atoms with van der Waals surface area (Å²) in [5, 5.41) is 0. The first-order valence-corrected chi connectivity index (χ1v) is 5.43. The van der Waals surface area contributed by atoms with Crippen LogP contribution >= 0.6 is 12.2 Å². The summed E-state index contributed by atoms with van der Waals surface area (Å²) < 4.78 is 3.08. The molecule has 1 aliphatic rings. The van der Waals surface area contributed by atoms with E-state index in [2.05, 4.69) is 22.7 Å². The van der Waals surface area contributed by atoms with Crippen LogP contribution in [0.2, 0.25) is 0 Å². The molecular formula is C10H16N2S. The number of nitrogens with zero attached hydrogens (tertiary/aromatic N) is 1.